The minimum absolute atomic E-state index is 0.0397. The summed E-state index contributed by atoms with van der Waals surface area (Å²) in [5.74, 6) is -0.140. The van der Waals surface area contributed by atoms with Gasteiger partial charge in [0.05, 0.1) is 16.8 Å². The number of carbonyl (C=O) groups is 2. The second kappa shape index (κ2) is 4.86. The van der Waals surface area contributed by atoms with Gasteiger partial charge in [0.2, 0.25) is 11.8 Å². The fourth-order valence-corrected chi connectivity index (χ4v) is 3.67. The molecule has 1 aliphatic heterocycles. The second-order valence-corrected chi connectivity index (χ2v) is 6.55. The maximum absolute atomic E-state index is 12.9. The number of anilines is 2. The van der Waals surface area contributed by atoms with E-state index >= 15 is 0 Å². The molecular formula is C17H22N2O2. The number of amides is 2. The predicted octanol–water partition coefficient (Wildman–Crippen LogP) is 3.10. The zero-order valence-corrected chi connectivity index (χ0v) is 12.7. The van der Waals surface area contributed by atoms with Gasteiger partial charge in [0.1, 0.15) is 0 Å². The number of hydrogen-bond donors (Lipinski definition) is 1. The summed E-state index contributed by atoms with van der Waals surface area (Å²) in [5.41, 5.74) is 8.80. The van der Waals surface area contributed by atoms with E-state index in [4.69, 9.17) is 5.73 Å². The Hall–Kier alpha value is -1.84. The van der Waals surface area contributed by atoms with Crippen molar-refractivity contribution >= 4 is 23.2 Å². The highest BCUT2D eigenvalue weighted by Gasteiger charge is 2.52. The average molecular weight is 286 g/mol. The van der Waals surface area contributed by atoms with E-state index < -0.39 is 5.41 Å². The van der Waals surface area contributed by atoms with Crippen molar-refractivity contribution in [1.29, 1.82) is 0 Å². The van der Waals surface area contributed by atoms with Crippen molar-refractivity contribution in [1.82, 2.24) is 0 Å². The SMILES string of the molecule is Cc1cc(N)c(N2C(=O)CC3(CCCCC3)C2=O)cc1C. The first kappa shape index (κ1) is 14.1. The summed E-state index contributed by atoms with van der Waals surface area (Å²) in [4.78, 5) is 26.7. The third-order valence-corrected chi connectivity index (χ3v) is 5.09. The number of hydrogen-bond acceptors (Lipinski definition) is 3. The molecule has 0 atom stereocenters. The Bertz CT molecular complexity index is 615. The smallest absolute Gasteiger partial charge is 0.240 e. The first-order valence-electron chi connectivity index (χ1n) is 7.69. The maximum Gasteiger partial charge on any atom is 0.240 e. The molecule has 0 unspecified atom stereocenters. The van der Waals surface area contributed by atoms with Crippen LogP contribution in [0.4, 0.5) is 11.4 Å². The Morgan fingerprint density at radius 1 is 1.05 bits per heavy atom. The summed E-state index contributed by atoms with van der Waals surface area (Å²) in [6, 6.07) is 3.71. The number of nitrogens with two attached hydrogens (primary N) is 1. The van der Waals surface area contributed by atoms with Crippen LogP contribution in [0.2, 0.25) is 0 Å². The molecule has 1 heterocycles. The number of carbonyl (C=O) groups excluding carboxylic acids is 2. The Morgan fingerprint density at radius 2 is 1.67 bits per heavy atom. The largest absolute Gasteiger partial charge is 0.397 e. The van der Waals surface area contributed by atoms with Crippen LogP contribution in [-0.4, -0.2) is 11.8 Å². The van der Waals surface area contributed by atoms with E-state index in [-0.39, 0.29) is 11.8 Å². The summed E-state index contributed by atoms with van der Waals surface area (Å²) in [6.07, 6.45) is 5.25. The fraction of sp³-hybridized carbons (Fsp3) is 0.529. The van der Waals surface area contributed by atoms with Gasteiger partial charge >= 0.3 is 0 Å². The molecule has 1 aliphatic carbocycles. The molecule has 2 N–H and O–H groups in total. The molecule has 1 aromatic rings. The van der Waals surface area contributed by atoms with Crippen LogP contribution >= 0.6 is 0 Å². The normalized spacial score (nSPS) is 21.3. The zero-order chi connectivity index (χ0) is 15.2. The predicted molar refractivity (Wildman–Crippen MR) is 83.0 cm³/mol. The van der Waals surface area contributed by atoms with E-state index in [2.05, 4.69) is 0 Å². The van der Waals surface area contributed by atoms with Crippen molar-refractivity contribution in [2.75, 3.05) is 10.6 Å². The van der Waals surface area contributed by atoms with E-state index in [0.717, 1.165) is 43.2 Å². The van der Waals surface area contributed by atoms with Gasteiger partial charge in [-0.2, -0.15) is 0 Å². The van der Waals surface area contributed by atoms with Gasteiger partial charge in [-0.25, -0.2) is 4.90 Å². The summed E-state index contributed by atoms with van der Waals surface area (Å²) in [7, 11) is 0. The summed E-state index contributed by atoms with van der Waals surface area (Å²) < 4.78 is 0. The lowest BCUT2D eigenvalue weighted by Gasteiger charge is -2.30. The molecule has 112 valence electrons. The molecule has 2 aliphatic rings. The van der Waals surface area contributed by atoms with Crippen molar-refractivity contribution in [3.8, 4) is 0 Å². The van der Waals surface area contributed by atoms with Crippen molar-refractivity contribution in [2.45, 2.75) is 52.4 Å². The minimum atomic E-state index is -0.458. The quantitative estimate of drug-likeness (QED) is 0.637. The molecule has 1 saturated heterocycles. The van der Waals surface area contributed by atoms with E-state index in [1.54, 1.807) is 0 Å². The molecule has 2 amide bonds. The monoisotopic (exact) mass is 286 g/mol. The fourth-order valence-electron chi connectivity index (χ4n) is 3.67. The van der Waals surface area contributed by atoms with Crippen LogP contribution in [0.5, 0.6) is 0 Å². The Balaban J connectivity index is 2.01. The molecule has 3 rings (SSSR count). The second-order valence-electron chi connectivity index (χ2n) is 6.55. The minimum Gasteiger partial charge on any atom is -0.397 e. The van der Waals surface area contributed by atoms with Crippen LogP contribution in [0.1, 0.15) is 49.7 Å². The van der Waals surface area contributed by atoms with E-state index in [1.807, 2.05) is 26.0 Å². The third kappa shape index (κ3) is 2.13. The van der Waals surface area contributed by atoms with Gasteiger partial charge in [-0.05, 0) is 49.9 Å². The molecular weight excluding hydrogens is 264 g/mol. The lowest BCUT2D eigenvalue weighted by Crippen LogP contribution is -2.37. The van der Waals surface area contributed by atoms with Gasteiger partial charge in [-0.3, -0.25) is 9.59 Å². The van der Waals surface area contributed by atoms with Crippen LogP contribution in [0, 0.1) is 19.3 Å². The molecule has 1 spiro atoms. The van der Waals surface area contributed by atoms with Crippen LogP contribution < -0.4 is 10.6 Å². The number of benzene rings is 1. The topological polar surface area (TPSA) is 63.4 Å². The standard InChI is InChI=1S/C17H22N2O2/c1-11-8-13(18)14(9-12(11)2)19-15(20)10-17(16(19)21)6-4-3-5-7-17/h8-9H,3-7,10,18H2,1-2H3. The molecule has 2 fully saturated rings. The van der Waals surface area contributed by atoms with Crippen molar-refractivity contribution in [3.05, 3.63) is 23.3 Å². The van der Waals surface area contributed by atoms with Gasteiger partial charge < -0.3 is 5.73 Å². The summed E-state index contributed by atoms with van der Waals surface area (Å²) >= 11 is 0. The number of imide groups is 1. The molecule has 1 aromatic carbocycles. The first-order chi connectivity index (χ1) is 9.94. The van der Waals surface area contributed by atoms with Crippen LogP contribution in [0.15, 0.2) is 12.1 Å². The number of nitrogens with zero attached hydrogens (tertiary/aromatic N) is 1. The number of aryl methyl sites for hydroxylation is 2. The number of nitrogen functional groups attached to an aromatic ring is 1. The highest BCUT2D eigenvalue weighted by Crippen LogP contribution is 2.47. The summed E-state index contributed by atoms with van der Waals surface area (Å²) in [5, 5.41) is 0. The molecule has 0 bridgehead atoms. The van der Waals surface area contributed by atoms with Gasteiger partial charge in [-0.1, -0.05) is 19.3 Å². The molecule has 0 radical (unpaired) electrons. The lowest BCUT2D eigenvalue weighted by atomic mass is 9.73. The Kier molecular flexibility index (Phi) is 3.27. The van der Waals surface area contributed by atoms with E-state index in [9.17, 15) is 9.59 Å². The Labute approximate surface area is 125 Å². The average Bonchev–Trinajstić information content (AvgIpc) is 2.67. The molecule has 21 heavy (non-hydrogen) atoms. The van der Waals surface area contributed by atoms with Gasteiger partial charge in [0, 0.05) is 6.42 Å². The van der Waals surface area contributed by atoms with Gasteiger partial charge in [0.25, 0.3) is 0 Å². The molecule has 4 nitrogen and oxygen atoms in total. The van der Waals surface area contributed by atoms with Gasteiger partial charge in [0.15, 0.2) is 0 Å². The van der Waals surface area contributed by atoms with Crippen molar-refractivity contribution in [3.63, 3.8) is 0 Å². The first-order valence-corrected chi connectivity index (χ1v) is 7.69. The van der Waals surface area contributed by atoms with E-state index in [0.29, 0.717) is 17.8 Å². The zero-order valence-electron chi connectivity index (χ0n) is 12.7. The highest BCUT2D eigenvalue weighted by atomic mass is 16.2. The lowest BCUT2D eigenvalue weighted by molar-refractivity contribution is -0.127. The Morgan fingerprint density at radius 3 is 2.33 bits per heavy atom. The van der Waals surface area contributed by atoms with Crippen molar-refractivity contribution in [2.24, 2.45) is 5.41 Å². The highest BCUT2D eigenvalue weighted by molar-refractivity contribution is 6.23. The van der Waals surface area contributed by atoms with Crippen LogP contribution in [0.25, 0.3) is 0 Å². The molecule has 0 aromatic heterocycles. The van der Waals surface area contributed by atoms with Crippen LogP contribution in [0.3, 0.4) is 0 Å². The van der Waals surface area contributed by atoms with Crippen LogP contribution in [-0.2, 0) is 9.59 Å². The number of rotatable bonds is 1. The van der Waals surface area contributed by atoms with Gasteiger partial charge in [-0.15, -0.1) is 0 Å². The molecule has 4 heteroatoms. The summed E-state index contributed by atoms with van der Waals surface area (Å²) in [6.45, 7) is 3.95. The third-order valence-electron chi connectivity index (χ3n) is 5.09. The van der Waals surface area contributed by atoms with E-state index in [1.165, 1.54) is 4.90 Å². The van der Waals surface area contributed by atoms with Crippen molar-refractivity contribution < 1.29 is 9.59 Å². The maximum atomic E-state index is 12.9. The molecule has 1 saturated carbocycles.